The van der Waals surface area contributed by atoms with Gasteiger partial charge in [0.15, 0.2) is 0 Å². The molecule has 0 aliphatic carbocycles. The number of carbonyl (C=O) groups is 1. The number of urea groups is 1. The number of likely N-dealkylation sites (N-methyl/N-ethyl adjacent to an activating group) is 1. The minimum atomic E-state index is -0.209. The molecular formula is C14H20N4O2S. The fraction of sp³-hybridized carbons (Fsp3) is 0.429. The highest BCUT2D eigenvalue weighted by Gasteiger charge is 2.16. The van der Waals surface area contributed by atoms with Crippen molar-refractivity contribution in [3.63, 3.8) is 0 Å². The molecule has 0 aromatic carbocycles. The molecule has 2 N–H and O–H groups in total. The second kappa shape index (κ2) is 7.24. The second-order valence-corrected chi connectivity index (χ2v) is 5.97. The van der Waals surface area contributed by atoms with Gasteiger partial charge in [0.2, 0.25) is 0 Å². The van der Waals surface area contributed by atoms with Crippen molar-refractivity contribution in [2.24, 2.45) is 0 Å². The number of nitrogens with zero attached hydrogens (tertiary/aromatic N) is 2. The van der Waals surface area contributed by atoms with E-state index in [-0.39, 0.29) is 12.1 Å². The zero-order chi connectivity index (χ0) is 15.2. The molecule has 2 aromatic heterocycles. The Balaban J connectivity index is 1.79. The Morgan fingerprint density at radius 2 is 2.29 bits per heavy atom. The Morgan fingerprint density at radius 1 is 1.48 bits per heavy atom. The molecular weight excluding hydrogens is 288 g/mol. The first-order chi connectivity index (χ1) is 10.1. The summed E-state index contributed by atoms with van der Waals surface area (Å²) in [5, 5.41) is 11.5. The normalized spacial score (nSPS) is 12.4. The molecule has 0 aliphatic rings. The summed E-state index contributed by atoms with van der Waals surface area (Å²) in [6, 6.07) is 5.86. The van der Waals surface area contributed by atoms with E-state index in [1.54, 1.807) is 17.4 Å². The number of rotatable bonds is 6. The largest absolute Gasteiger partial charge is 0.361 e. The van der Waals surface area contributed by atoms with Crippen LogP contribution in [0.4, 0.5) is 4.79 Å². The van der Waals surface area contributed by atoms with Crippen molar-refractivity contribution < 1.29 is 9.32 Å². The predicted octanol–water partition coefficient (Wildman–Crippen LogP) is 2.15. The van der Waals surface area contributed by atoms with Crippen molar-refractivity contribution in [3.05, 3.63) is 39.9 Å². The maximum Gasteiger partial charge on any atom is 0.315 e. The minimum Gasteiger partial charge on any atom is -0.361 e. The lowest BCUT2D eigenvalue weighted by Gasteiger charge is -2.23. The smallest absolute Gasteiger partial charge is 0.315 e. The number of aromatic nitrogens is 1. The second-order valence-electron chi connectivity index (χ2n) is 4.99. The molecule has 2 heterocycles. The zero-order valence-corrected chi connectivity index (χ0v) is 13.2. The first kappa shape index (κ1) is 15.5. The predicted molar refractivity (Wildman–Crippen MR) is 82.2 cm³/mol. The van der Waals surface area contributed by atoms with Gasteiger partial charge in [0, 0.05) is 17.5 Å². The third-order valence-electron chi connectivity index (χ3n) is 3.06. The molecule has 0 spiro atoms. The highest BCUT2D eigenvalue weighted by Crippen LogP contribution is 2.22. The Morgan fingerprint density at radius 3 is 2.86 bits per heavy atom. The first-order valence-corrected chi connectivity index (χ1v) is 7.58. The van der Waals surface area contributed by atoms with Gasteiger partial charge in [-0.05, 0) is 32.5 Å². The first-order valence-electron chi connectivity index (χ1n) is 6.70. The fourth-order valence-corrected chi connectivity index (χ4v) is 2.87. The van der Waals surface area contributed by atoms with Crippen molar-refractivity contribution in [2.75, 3.05) is 20.6 Å². The summed E-state index contributed by atoms with van der Waals surface area (Å²) in [6.07, 6.45) is 0. The number of carbonyl (C=O) groups excluding carboxylic acids is 1. The number of amides is 2. The molecule has 0 bridgehead atoms. The molecule has 0 radical (unpaired) electrons. The molecule has 2 aromatic rings. The van der Waals surface area contributed by atoms with Gasteiger partial charge in [-0.3, -0.25) is 0 Å². The molecule has 7 heteroatoms. The van der Waals surface area contributed by atoms with Gasteiger partial charge in [-0.15, -0.1) is 11.3 Å². The van der Waals surface area contributed by atoms with Crippen LogP contribution in [-0.2, 0) is 6.54 Å². The van der Waals surface area contributed by atoms with Crippen LogP contribution in [0, 0.1) is 6.92 Å². The van der Waals surface area contributed by atoms with E-state index in [0.29, 0.717) is 18.8 Å². The highest BCUT2D eigenvalue weighted by atomic mass is 32.1. The van der Waals surface area contributed by atoms with Crippen LogP contribution in [0.15, 0.2) is 28.1 Å². The number of nitrogens with one attached hydrogen (secondary N) is 2. The lowest BCUT2D eigenvalue weighted by atomic mass is 10.2. The summed E-state index contributed by atoms with van der Waals surface area (Å²) >= 11 is 1.69. The Labute approximate surface area is 128 Å². The number of hydrogen-bond donors (Lipinski definition) is 2. The van der Waals surface area contributed by atoms with E-state index in [0.717, 1.165) is 5.76 Å². The molecule has 0 unspecified atom stereocenters. The average Bonchev–Trinajstić information content (AvgIpc) is 3.08. The van der Waals surface area contributed by atoms with Crippen LogP contribution in [0.3, 0.4) is 0 Å². The van der Waals surface area contributed by atoms with Crippen LogP contribution in [0.5, 0.6) is 0 Å². The Kier molecular flexibility index (Phi) is 5.35. The lowest BCUT2D eigenvalue weighted by Crippen LogP contribution is -2.40. The van der Waals surface area contributed by atoms with E-state index in [4.69, 9.17) is 4.52 Å². The zero-order valence-electron chi connectivity index (χ0n) is 12.4. The van der Waals surface area contributed by atoms with E-state index in [9.17, 15) is 4.79 Å². The molecule has 0 saturated carbocycles. The SMILES string of the molecule is Cc1cc(CNC(=O)NC[C@@H](c2cccs2)N(C)C)no1. The molecule has 0 saturated heterocycles. The third kappa shape index (κ3) is 4.57. The molecule has 114 valence electrons. The average molecular weight is 308 g/mol. The summed E-state index contributed by atoms with van der Waals surface area (Å²) in [7, 11) is 4.00. The van der Waals surface area contributed by atoms with E-state index in [1.807, 2.05) is 32.5 Å². The summed E-state index contributed by atoms with van der Waals surface area (Å²) in [5.74, 6) is 0.734. The molecule has 0 fully saturated rings. The van der Waals surface area contributed by atoms with E-state index >= 15 is 0 Å². The standard InChI is InChI=1S/C14H20N4O2S/c1-10-7-11(17-20-10)8-15-14(19)16-9-12(18(2)3)13-5-4-6-21-13/h4-7,12H,8-9H2,1-3H3,(H2,15,16,19)/t12-/m0/s1. The molecule has 2 rings (SSSR count). The van der Waals surface area contributed by atoms with Crippen molar-refractivity contribution in [3.8, 4) is 0 Å². The van der Waals surface area contributed by atoms with Gasteiger partial charge in [0.25, 0.3) is 0 Å². The number of hydrogen-bond acceptors (Lipinski definition) is 5. The van der Waals surface area contributed by atoms with Crippen LogP contribution >= 0.6 is 11.3 Å². The van der Waals surface area contributed by atoms with Crippen molar-refractivity contribution in [1.29, 1.82) is 0 Å². The van der Waals surface area contributed by atoms with Gasteiger partial charge in [-0.1, -0.05) is 11.2 Å². The molecule has 0 aliphatic heterocycles. The Bertz CT molecular complexity index is 565. The summed E-state index contributed by atoms with van der Waals surface area (Å²) in [5.41, 5.74) is 0.713. The maximum absolute atomic E-state index is 11.8. The summed E-state index contributed by atoms with van der Waals surface area (Å²) in [6.45, 7) is 2.73. The van der Waals surface area contributed by atoms with Crippen LogP contribution in [0.2, 0.25) is 0 Å². The van der Waals surface area contributed by atoms with Crippen LogP contribution in [-0.4, -0.2) is 36.7 Å². The van der Waals surface area contributed by atoms with Gasteiger partial charge in [-0.2, -0.15) is 0 Å². The van der Waals surface area contributed by atoms with Gasteiger partial charge in [-0.25, -0.2) is 4.79 Å². The Hall–Kier alpha value is -1.86. The summed E-state index contributed by atoms with van der Waals surface area (Å²) < 4.78 is 4.95. The lowest BCUT2D eigenvalue weighted by molar-refractivity contribution is 0.232. The van der Waals surface area contributed by atoms with Crippen molar-refractivity contribution >= 4 is 17.4 Å². The van der Waals surface area contributed by atoms with Gasteiger partial charge in [0.05, 0.1) is 12.6 Å². The van der Waals surface area contributed by atoms with Gasteiger partial charge in [0.1, 0.15) is 11.5 Å². The van der Waals surface area contributed by atoms with Crippen LogP contribution in [0.25, 0.3) is 0 Å². The molecule has 1 atom stereocenters. The summed E-state index contributed by atoms with van der Waals surface area (Å²) in [4.78, 5) is 15.1. The van der Waals surface area contributed by atoms with Crippen LogP contribution < -0.4 is 10.6 Å². The van der Waals surface area contributed by atoms with Crippen molar-refractivity contribution in [1.82, 2.24) is 20.7 Å². The van der Waals surface area contributed by atoms with Gasteiger partial charge < -0.3 is 20.1 Å². The molecule has 2 amide bonds. The number of thiophene rings is 1. The monoisotopic (exact) mass is 308 g/mol. The molecule has 6 nitrogen and oxygen atoms in total. The maximum atomic E-state index is 11.8. The minimum absolute atomic E-state index is 0.171. The number of aryl methyl sites for hydroxylation is 1. The van der Waals surface area contributed by atoms with Crippen molar-refractivity contribution in [2.45, 2.75) is 19.5 Å². The molecule has 21 heavy (non-hydrogen) atoms. The van der Waals surface area contributed by atoms with Gasteiger partial charge >= 0.3 is 6.03 Å². The quantitative estimate of drug-likeness (QED) is 0.858. The van der Waals surface area contributed by atoms with E-state index in [1.165, 1.54) is 4.88 Å². The van der Waals surface area contributed by atoms with Crippen LogP contribution in [0.1, 0.15) is 22.4 Å². The highest BCUT2D eigenvalue weighted by molar-refractivity contribution is 7.10. The van der Waals surface area contributed by atoms with E-state index < -0.39 is 0 Å². The fourth-order valence-electron chi connectivity index (χ4n) is 1.94. The van der Waals surface area contributed by atoms with E-state index in [2.05, 4.69) is 26.8 Å². The topological polar surface area (TPSA) is 70.4 Å². The third-order valence-corrected chi connectivity index (χ3v) is 4.03.